The molecule has 2 heteroatoms. The van der Waals surface area contributed by atoms with Gasteiger partial charge in [-0.1, -0.05) is 54.6 Å². The van der Waals surface area contributed by atoms with E-state index < -0.39 is 5.60 Å². The molecule has 0 saturated carbocycles. The summed E-state index contributed by atoms with van der Waals surface area (Å²) in [6, 6.07) is 20.6. The fraction of sp³-hybridized carbons (Fsp3) is 0.143. The normalized spacial score (nSPS) is 19.2. The van der Waals surface area contributed by atoms with Crippen molar-refractivity contribution in [3.05, 3.63) is 77.9 Å². The molecule has 114 valence electrons. The van der Waals surface area contributed by atoms with Crippen LogP contribution in [0, 0.1) is 0 Å². The first-order valence-corrected chi connectivity index (χ1v) is 7.74. The van der Waals surface area contributed by atoms with Crippen molar-refractivity contribution >= 4 is 16.8 Å². The van der Waals surface area contributed by atoms with Crippen LogP contribution < -0.4 is 9.47 Å². The molecule has 1 atom stereocenters. The Hall–Kier alpha value is -2.74. The van der Waals surface area contributed by atoms with Crippen molar-refractivity contribution in [3.8, 4) is 11.5 Å². The third-order valence-electron chi connectivity index (χ3n) is 4.47. The summed E-state index contributed by atoms with van der Waals surface area (Å²) in [4.78, 5) is 0. The molecule has 2 nitrogen and oxygen atoms in total. The van der Waals surface area contributed by atoms with Crippen LogP contribution in [0.3, 0.4) is 0 Å². The zero-order valence-electron chi connectivity index (χ0n) is 13.2. The molecular weight excluding hydrogens is 284 g/mol. The van der Waals surface area contributed by atoms with E-state index in [4.69, 9.17) is 9.47 Å². The van der Waals surface area contributed by atoms with Gasteiger partial charge in [0.25, 0.3) is 0 Å². The molecule has 4 rings (SSSR count). The third-order valence-corrected chi connectivity index (χ3v) is 4.47. The highest BCUT2D eigenvalue weighted by atomic mass is 16.5. The molecular formula is C21H18O2. The highest BCUT2D eigenvalue weighted by Gasteiger charge is 2.30. The number of ether oxygens (including phenoxy) is 2. The molecule has 0 saturated heterocycles. The molecule has 3 aromatic carbocycles. The zero-order valence-corrected chi connectivity index (χ0v) is 13.2. The second kappa shape index (κ2) is 5.17. The Morgan fingerprint density at radius 3 is 2.48 bits per heavy atom. The van der Waals surface area contributed by atoms with Crippen LogP contribution in [0.25, 0.3) is 16.8 Å². The molecule has 3 aromatic rings. The van der Waals surface area contributed by atoms with E-state index in [0.29, 0.717) is 0 Å². The number of hydrogen-bond acceptors (Lipinski definition) is 2. The highest BCUT2D eigenvalue weighted by Crippen LogP contribution is 2.41. The van der Waals surface area contributed by atoms with Crippen LogP contribution in [0.4, 0.5) is 0 Å². The maximum atomic E-state index is 6.46. The summed E-state index contributed by atoms with van der Waals surface area (Å²) in [5.74, 6) is 1.80. The number of methoxy groups -OCH3 is 1. The van der Waals surface area contributed by atoms with Gasteiger partial charge < -0.3 is 9.47 Å². The maximum Gasteiger partial charge on any atom is 0.150 e. The van der Waals surface area contributed by atoms with Crippen molar-refractivity contribution in [2.45, 2.75) is 12.5 Å². The van der Waals surface area contributed by atoms with Crippen LogP contribution in [-0.4, -0.2) is 7.11 Å². The summed E-state index contributed by atoms with van der Waals surface area (Å²) in [5, 5.41) is 2.34. The van der Waals surface area contributed by atoms with Crippen molar-refractivity contribution in [1.82, 2.24) is 0 Å². The van der Waals surface area contributed by atoms with Crippen LogP contribution in [0.5, 0.6) is 11.5 Å². The minimum atomic E-state index is -0.483. The topological polar surface area (TPSA) is 18.5 Å². The quantitative estimate of drug-likeness (QED) is 0.650. The Kier molecular flexibility index (Phi) is 3.12. The number of benzene rings is 3. The van der Waals surface area contributed by atoms with E-state index in [1.165, 1.54) is 5.39 Å². The van der Waals surface area contributed by atoms with E-state index in [1.54, 1.807) is 7.11 Å². The second-order valence-electron chi connectivity index (χ2n) is 5.98. The SMILES string of the molecule is COc1ccc(C2(C)C=Cc3ccc4ccccc4c3O2)cc1. The number of hydrogen-bond donors (Lipinski definition) is 0. The highest BCUT2D eigenvalue weighted by molar-refractivity contribution is 5.92. The van der Waals surface area contributed by atoms with Crippen LogP contribution in [0.2, 0.25) is 0 Å². The molecule has 0 amide bonds. The maximum absolute atomic E-state index is 6.46. The molecule has 0 N–H and O–H groups in total. The summed E-state index contributed by atoms with van der Waals surface area (Å²) in [6.07, 6.45) is 4.27. The van der Waals surface area contributed by atoms with Crippen LogP contribution in [0.15, 0.2) is 66.7 Å². The molecule has 1 heterocycles. The van der Waals surface area contributed by atoms with Gasteiger partial charge in [0.2, 0.25) is 0 Å². The summed E-state index contributed by atoms with van der Waals surface area (Å²) in [6.45, 7) is 2.09. The smallest absolute Gasteiger partial charge is 0.150 e. The summed E-state index contributed by atoms with van der Waals surface area (Å²) < 4.78 is 11.7. The first-order valence-electron chi connectivity index (χ1n) is 7.74. The Bertz CT molecular complexity index is 893. The Morgan fingerprint density at radius 2 is 1.70 bits per heavy atom. The zero-order chi connectivity index (χ0) is 15.9. The van der Waals surface area contributed by atoms with E-state index in [0.717, 1.165) is 28.0 Å². The standard InChI is InChI=1S/C21H18O2/c1-21(17-9-11-18(22-2)12-10-17)14-13-16-8-7-15-5-3-4-6-19(15)20(16)23-21/h3-14H,1-2H3. The first-order chi connectivity index (χ1) is 11.2. The number of rotatable bonds is 2. The van der Waals surface area contributed by atoms with Gasteiger partial charge in [0.15, 0.2) is 0 Å². The third kappa shape index (κ3) is 2.27. The fourth-order valence-corrected chi connectivity index (χ4v) is 3.08. The molecule has 0 aliphatic carbocycles. The van der Waals surface area contributed by atoms with E-state index in [-0.39, 0.29) is 0 Å². The molecule has 1 unspecified atom stereocenters. The average Bonchev–Trinajstić information content (AvgIpc) is 2.61. The predicted octanol–water partition coefficient (Wildman–Crippen LogP) is 5.17. The largest absolute Gasteiger partial charge is 0.497 e. The van der Waals surface area contributed by atoms with Crippen molar-refractivity contribution in [2.75, 3.05) is 7.11 Å². The lowest BCUT2D eigenvalue weighted by molar-refractivity contribution is 0.140. The minimum absolute atomic E-state index is 0.483. The van der Waals surface area contributed by atoms with Gasteiger partial charge in [-0.3, -0.25) is 0 Å². The predicted molar refractivity (Wildman–Crippen MR) is 94.0 cm³/mol. The number of fused-ring (bicyclic) bond motifs is 3. The van der Waals surface area contributed by atoms with Crippen LogP contribution in [-0.2, 0) is 5.60 Å². The minimum Gasteiger partial charge on any atom is -0.497 e. The molecule has 1 aliphatic heterocycles. The second-order valence-corrected chi connectivity index (χ2v) is 5.98. The van der Waals surface area contributed by atoms with Gasteiger partial charge in [-0.15, -0.1) is 0 Å². The Balaban J connectivity index is 1.81. The van der Waals surface area contributed by atoms with Crippen molar-refractivity contribution in [2.24, 2.45) is 0 Å². The molecule has 0 bridgehead atoms. The van der Waals surface area contributed by atoms with Gasteiger partial charge in [-0.2, -0.15) is 0 Å². The lowest BCUT2D eigenvalue weighted by Crippen LogP contribution is -2.29. The summed E-state index contributed by atoms with van der Waals surface area (Å²) in [5.41, 5.74) is 1.74. The molecule has 23 heavy (non-hydrogen) atoms. The Labute approximate surface area is 136 Å². The molecule has 0 spiro atoms. The van der Waals surface area contributed by atoms with Gasteiger partial charge in [-0.25, -0.2) is 0 Å². The monoisotopic (exact) mass is 302 g/mol. The van der Waals surface area contributed by atoms with Gasteiger partial charge >= 0.3 is 0 Å². The molecule has 0 radical (unpaired) electrons. The van der Waals surface area contributed by atoms with Gasteiger partial charge in [0.05, 0.1) is 7.11 Å². The van der Waals surface area contributed by atoms with E-state index in [1.807, 2.05) is 12.1 Å². The summed E-state index contributed by atoms with van der Waals surface area (Å²) in [7, 11) is 1.68. The van der Waals surface area contributed by atoms with Crippen molar-refractivity contribution in [1.29, 1.82) is 0 Å². The molecule has 0 fully saturated rings. The van der Waals surface area contributed by atoms with Gasteiger partial charge in [-0.05, 0) is 36.1 Å². The van der Waals surface area contributed by atoms with Crippen molar-refractivity contribution < 1.29 is 9.47 Å². The average molecular weight is 302 g/mol. The van der Waals surface area contributed by atoms with Crippen LogP contribution in [0.1, 0.15) is 18.1 Å². The van der Waals surface area contributed by atoms with E-state index >= 15 is 0 Å². The lowest BCUT2D eigenvalue weighted by Gasteiger charge is -2.33. The fourth-order valence-electron chi connectivity index (χ4n) is 3.08. The van der Waals surface area contributed by atoms with Gasteiger partial charge in [0, 0.05) is 10.9 Å². The first kappa shape index (κ1) is 13.9. The molecule has 1 aliphatic rings. The Morgan fingerprint density at radius 1 is 0.913 bits per heavy atom. The van der Waals surface area contributed by atoms with E-state index in [9.17, 15) is 0 Å². The van der Waals surface area contributed by atoms with Crippen LogP contribution >= 0.6 is 0 Å². The molecule has 0 aromatic heterocycles. The van der Waals surface area contributed by atoms with Gasteiger partial charge in [0.1, 0.15) is 17.1 Å². The lowest BCUT2D eigenvalue weighted by atomic mass is 9.91. The van der Waals surface area contributed by atoms with Crippen molar-refractivity contribution in [3.63, 3.8) is 0 Å². The van der Waals surface area contributed by atoms with E-state index in [2.05, 4.69) is 67.6 Å². The summed E-state index contributed by atoms with van der Waals surface area (Å²) >= 11 is 0.